The smallest absolute Gasteiger partial charge is 0.0840 e. The Kier molecular flexibility index (Phi) is 3.60. The Balaban J connectivity index is 2.12. The van der Waals surface area contributed by atoms with Gasteiger partial charge in [0.25, 0.3) is 0 Å². The SMILES string of the molecule is CCCC1NCCOC12CCCC(C)(C)C2. The van der Waals surface area contributed by atoms with E-state index in [2.05, 4.69) is 26.1 Å². The van der Waals surface area contributed by atoms with Gasteiger partial charge in [0.1, 0.15) is 0 Å². The molecule has 1 saturated heterocycles. The maximum atomic E-state index is 6.24. The van der Waals surface area contributed by atoms with E-state index in [1.54, 1.807) is 0 Å². The Morgan fingerprint density at radius 1 is 1.31 bits per heavy atom. The van der Waals surface area contributed by atoms with Gasteiger partial charge >= 0.3 is 0 Å². The molecule has 1 N–H and O–H groups in total. The van der Waals surface area contributed by atoms with Crippen LogP contribution in [-0.4, -0.2) is 24.8 Å². The summed E-state index contributed by atoms with van der Waals surface area (Å²) in [6.45, 7) is 9.00. The molecule has 0 bridgehead atoms. The van der Waals surface area contributed by atoms with Gasteiger partial charge in [0.05, 0.1) is 12.2 Å². The number of ether oxygens (including phenoxy) is 1. The zero-order valence-corrected chi connectivity index (χ0v) is 11.1. The van der Waals surface area contributed by atoms with Crippen LogP contribution in [0.15, 0.2) is 0 Å². The van der Waals surface area contributed by atoms with E-state index in [0.717, 1.165) is 13.2 Å². The minimum atomic E-state index is 0.149. The molecular formula is C14H27NO. The van der Waals surface area contributed by atoms with Crippen LogP contribution in [0, 0.1) is 5.41 Å². The first-order chi connectivity index (χ1) is 7.58. The van der Waals surface area contributed by atoms with Gasteiger partial charge in [-0.3, -0.25) is 0 Å². The summed E-state index contributed by atoms with van der Waals surface area (Å²) in [6.07, 6.45) is 7.69. The van der Waals surface area contributed by atoms with Gasteiger partial charge in [-0.25, -0.2) is 0 Å². The second-order valence-corrected chi connectivity index (χ2v) is 6.40. The van der Waals surface area contributed by atoms with Gasteiger partial charge in [0.15, 0.2) is 0 Å². The third-order valence-electron chi connectivity index (χ3n) is 4.33. The summed E-state index contributed by atoms with van der Waals surface area (Å²) in [7, 11) is 0. The Bertz CT molecular complexity index is 233. The van der Waals surface area contributed by atoms with E-state index >= 15 is 0 Å². The monoisotopic (exact) mass is 225 g/mol. The molecule has 1 spiro atoms. The molecule has 1 aliphatic carbocycles. The summed E-state index contributed by atoms with van der Waals surface area (Å²) >= 11 is 0. The Hall–Kier alpha value is -0.0800. The lowest BCUT2D eigenvalue weighted by molar-refractivity contribution is -0.141. The van der Waals surface area contributed by atoms with Crippen molar-refractivity contribution in [1.29, 1.82) is 0 Å². The summed E-state index contributed by atoms with van der Waals surface area (Å²) in [6, 6.07) is 0.589. The highest BCUT2D eigenvalue weighted by molar-refractivity contribution is 5.01. The van der Waals surface area contributed by atoms with Gasteiger partial charge in [-0.05, 0) is 37.5 Å². The Labute approximate surface area is 100 Å². The van der Waals surface area contributed by atoms with Crippen LogP contribution in [0.1, 0.15) is 59.3 Å². The fraction of sp³-hybridized carbons (Fsp3) is 1.00. The molecule has 0 aromatic rings. The highest BCUT2D eigenvalue weighted by Crippen LogP contribution is 2.46. The molecule has 2 fully saturated rings. The van der Waals surface area contributed by atoms with Gasteiger partial charge in [-0.15, -0.1) is 0 Å². The molecular weight excluding hydrogens is 198 g/mol. The van der Waals surface area contributed by atoms with Crippen molar-refractivity contribution in [2.24, 2.45) is 5.41 Å². The Morgan fingerprint density at radius 3 is 2.81 bits per heavy atom. The van der Waals surface area contributed by atoms with Gasteiger partial charge in [-0.1, -0.05) is 27.2 Å². The van der Waals surface area contributed by atoms with Gasteiger partial charge in [0, 0.05) is 12.6 Å². The molecule has 2 atom stereocenters. The number of hydrogen-bond acceptors (Lipinski definition) is 2. The predicted octanol–water partition coefficient (Wildman–Crippen LogP) is 3.11. The molecule has 1 heterocycles. The van der Waals surface area contributed by atoms with Crippen molar-refractivity contribution < 1.29 is 4.74 Å². The van der Waals surface area contributed by atoms with Crippen molar-refractivity contribution in [3.05, 3.63) is 0 Å². The van der Waals surface area contributed by atoms with Crippen molar-refractivity contribution >= 4 is 0 Å². The molecule has 16 heavy (non-hydrogen) atoms. The predicted molar refractivity (Wildman–Crippen MR) is 67.6 cm³/mol. The second-order valence-electron chi connectivity index (χ2n) is 6.40. The lowest BCUT2D eigenvalue weighted by Crippen LogP contribution is -2.60. The van der Waals surface area contributed by atoms with Crippen LogP contribution in [0.5, 0.6) is 0 Å². The first kappa shape index (κ1) is 12.4. The summed E-state index contributed by atoms with van der Waals surface area (Å²) in [5, 5.41) is 3.69. The van der Waals surface area contributed by atoms with Crippen LogP contribution in [0.4, 0.5) is 0 Å². The van der Waals surface area contributed by atoms with E-state index in [-0.39, 0.29) is 5.60 Å². The van der Waals surface area contributed by atoms with E-state index < -0.39 is 0 Å². The summed E-state index contributed by atoms with van der Waals surface area (Å²) in [4.78, 5) is 0. The molecule has 2 unspecified atom stereocenters. The van der Waals surface area contributed by atoms with Crippen molar-refractivity contribution in [2.75, 3.05) is 13.2 Å². The normalized spacial score (nSPS) is 38.8. The van der Waals surface area contributed by atoms with Crippen molar-refractivity contribution in [2.45, 2.75) is 70.9 Å². The van der Waals surface area contributed by atoms with E-state index in [1.807, 2.05) is 0 Å². The third kappa shape index (κ3) is 2.43. The maximum Gasteiger partial charge on any atom is 0.0840 e. The second kappa shape index (κ2) is 4.66. The van der Waals surface area contributed by atoms with E-state index in [4.69, 9.17) is 4.74 Å². The number of hydrogen-bond donors (Lipinski definition) is 1. The molecule has 1 aliphatic heterocycles. The lowest BCUT2D eigenvalue weighted by Gasteiger charge is -2.51. The fourth-order valence-corrected chi connectivity index (χ4v) is 3.70. The van der Waals surface area contributed by atoms with E-state index in [9.17, 15) is 0 Å². The van der Waals surface area contributed by atoms with Gasteiger partial charge in [-0.2, -0.15) is 0 Å². The van der Waals surface area contributed by atoms with Crippen molar-refractivity contribution in [3.8, 4) is 0 Å². The van der Waals surface area contributed by atoms with Crippen molar-refractivity contribution in [1.82, 2.24) is 5.32 Å². The fourth-order valence-electron chi connectivity index (χ4n) is 3.70. The van der Waals surface area contributed by atoms with Crippen LogP contribution in [0.2, 0.25) is 0 Å². The highest BCUT2D eigenvalue weighted by Gasteiger charge is 2.47. The topological polar surface area (TPSA) is 21.3 Å². The molecule has 0 aromatic heterocycles. The van der Waals surface area contributed by atoms with Crippen LogP contribution in [0.25, 0.3) is 0 Å². The average Bonchev–Trinajstić information content (AvgIpc) is 2.20. The zero-order valence-electron chi connectivity index (χ0n) is 11.1. The molecule has 0 amide bonds. The average molecular weight is 225 g/mol. The molecule has 2 aliphatic rings. The third-order valence-corrected chi connectivity index (χ3v) is 4.33. The number of rotatable bonds is 2. The van der Waals surface area contributed by atoms with Gasteiger partial charge < -0.3 is 10.1 Å². The Morgan fingerprint density at radius 2 is 2.12 bits per heavy atom. The van der Waals surface area contributed by atoms with Crippen molar-refractivity contribution in [3.63, 3.8) is 0 Å². The summed E-state index contributed by atoms with van der Waals surface area (Å²) in [5.74, 6) is 0. The first-order valence-corrected chi connectivity index (χ1v) is 6.95. The highest BCUT2D eigenvalue weighted by atomic mass is 16.5. The van der Waals surface area contributed by atoms with Crippen LogP contribution >= 0.6 is 0 Å². The molecule has 2 nitrogen and oxygen atoms in total. The minimum Gasteiger partial charge on any atom is -0.372 e. The molecule has 94 valence electrons. The van der Waals surface area contributed by atoms with Crippen LogP contribution in [0.3, 0.4) is 0 Å². The quantitative estimate of drug-likeness (QED) is 0.779. The molecule has 2 rings (SSSR count). The summed E-state index contributed by atoms with van der Waals surface area (Å²) in [5.41, 5.74) is 0.610. The van der Waals surface area contributed by atoms with Gasteiger partial charge in [0.2, 0.25) is 0 Å². The lowest BCUT2D eigenvalue weighted by atomic mass is 9.66. The molecule has 0 aromatic carbocycles. The standard InChI is InChI=1S/C14H27NO/c1-4-6-12-14(16-10-9-15-12)8-5-7-13(2,3)11-14/h12,15H,4-11H2,1-3H3. The summed E-state index contributed by atoms with van der Waals surface area (Å²) < 4.78 is 6.24. The van der Waals surface area contributed by atoms with E-state index in [0.29, 0.717) is 11.5 Å². The zero-order chi connectivity index (χ0) is 11.6. The number of morpholine rings is 1. The number of nitrogens with one attached hydrogen (secondary N) is 1. The van der Waals surface area contributed by atoms with Crippen LogP contribution in [-0.2, 0) is 4.74 Å². The first-order valence-electron chi connectivity index (χ1n) is 6.95. The molecule has 2 heteroatoms. The largest absolute Gasteiger partial charge is 0.372 e. The minimum absolute atomic E-state index is 0.149. The molecule has 0 radical (unpaired) electrons. The van der Waals surface area contributed by atoms with Crippen LogP contribution < -0.4 is 5.32 Å². The van der Waals surface area contributed by atoms with E-state index in [1.165, 1.54) is 38.5 Å². The maximum absolute atomic E-state index is 6.24. The molecule has 1 saturated carbocycles.